The van der Waals surface area contributed by atoms with Gasteiger partial charge in [0.25, 0.3) is 0 Å². The molecule has 23 heavy (non-hydrogen) atoms. The van der Waals surface area contributed by atoms with Gasteiger partial charge >= 0.3 is 0 Å². The largest absolute Gasteiger partial charge is 0.323 e. The number of thioether (sulfide) groups is 2. The molecule has 0 aliphatic carbocycles. The number of fused-ring (bicyclic) bond motifs is 1. The van der Waals surface area contributed by atoms with Gasteiger partial charge in [0.2, 0.25) is 5.91 Å². The van der Waals surface area contributed by atoms with Crippen LogP contribution in [0.15, 0.2) is 45.8 Å². The van der Waals surface area contributed by atoms with Crippen LogP contribution in [0.1, 0.15) is 5.69 Å². The van der Waals surface area contributed by atoms with Crippen LogP contribution in [0.3, 0.4) is 0 Å². The summed E-state index contributed by atoms with van der Waals surface area (Å²) < 4.78 is 2.05. The molecular formula is C16H15N3OS3. The topological polar surface area (TPSA) is 54.9 Å². The first-order valence-electron chi connectivity index (χ1n) is 6.95. The first-order chi connectivity index (χ1) is 11.2. The van der Waals surface area contributed by atoms with Gasteiger partial charge in [0.1, 0.15) is 5.03 Å². The van der Waals surface area contributed by atoms with Gasteiger partial charge in [-0.1, -0.05) is 23.9 Å². The Balaban J connectivity index is 1.63. The molecule has 1 amide bonds. The number of nitrogens with one attached hydrogen (secondary N) is 1. The Hall–Kier alpha value is -1.57. The third-order valence-corrected chi connectivity index (χ3v) is 5.95. The smallest absolute Gasteiger partial charge is 0.234 e. The van der Waals surface area contributed by atoms with E-state index in [-0.39, 0.29) is 5.91 Å². The number of thiazole rings is 1. The summed E-state index contributed by atoms with van der Waals surface area (Å²) in [5, 5.41) is 3.76. The molecule has 4 nitrogen and oxygen atoms in total. The van der Waals surface area contributed by atoms with Crippen LogP contribution in [0.2, 0.25) is 0 Å². The summed E-state index contributed by atoms with van der Waals surface area (Å²) in [5.41, 5.74) is 2.68. The molecular weight excluding hydrogens is 346 g/mol. The number of para-hydroxylation sites is 1. The summed E-state index contributed by atoms with van der Waals surface area (Å²) in [6, 6.07) is 11.8. The lowest BCUT2D eigenvalue weighted by atomic mass is 10.3. The standard InChI is InChI=1S/C16H15N3OS3/c1-10-7-8-12(15(17-10)21-2)18-14(20)9-22-16-19-11-5-3-4-6-13(11)23-16/h3-8H,9H2,1-2H3,(H,18,20). The van der Waals surface area contributed by atoms with E-state index in [0.717, 1.165) is 31.0 Å². The van der Waals surface area contributed by atoms with Gasteiger partial charge in [-0.25, -0.2) is 9.97 Å². The first kappa shape index (κ1) is 16.3. The van der Waals surface area contributed by atoms with Crippen LogP contribution in [0.4, 0.5) is 5.69 Å². The maximum absolute atomic E-state index is 12.2. The van der Waals surface area contributed by atoms with Gasteiger partial charge in [0.05, 0.1) is 21.7 Å². The molecule has 0 saturated heterocycles. The van der Waals surface area contributed by atoms with Gasteiger partial charge in [-0.2, -0.15) is 0 Å². The zero-order valence-corrected chi connectivity index (χ0v) is 15.1. The van der Waals surface area contributed by atoms with Crippen molar-refractivity contribution in [3.05, 3.63) is 42.1 Å². The van der Waals surface area contributed by atoms with Crippen molar-refractivity contribution in [1.82, 2.24) is 9.97 Å². The fraction of sp³-hybridized carbons (Fsp3) is 0.188. The highest BCUT2D eigenvalue weighted by Crippen LogP contribution is 2.29. The van der Waals surface area contributed by atoms with Gasteiger partial charge in [0.15, 0.2) is 4.34 Å². The number of carbonyl (C=O) groups excluding carboxylic acids is 1. The number of hydrogen-bond donors (Lipinski definition) is 1. The molecule has 118 valence electrons. The van der Waals surface area contributed by atoms with E-state index >= 15 is 0 Å². The predicted octanol–water partition coefficient (Wildman–Crippen LogP) is 4.45. The highest BCUT2D eigenvalue weighted by Gasteiger charge is 2.10. The Morgan fingerprint density at radius 3 is 2.83 bits per heavy atom. The molecule has 0 aliphatic heterocycles. The zero-order valence-electron chi connectivity index (χ0n) is 12.7. The van der Waals surface area contributed by atoms with E-state index in [4.69, 9.17) is 0 Å². The molecule has 0 atom stereocenters. The van der Waals surface area contributed by atoms with Gasteiger partial charge in [-0.15, -0.1) is 23.1 Å². The average molecular weight is 362 g/mol. The lowest BCUT2D eigenvalue weighted by molar-refractivity contribution is -0.113. The summed E-state index contributed by atoms with van der Waals surface area (Å²) in [5.74, 6) is 0.289. The highest BCUT2D eigenvalue weighted by atomic mass is 32.2. The van der Waals surface area contributed by atoms with Crippen LogP contribution >= 0.6 is 34.9 Å². The van der Waals surface area contributed by atoms with Crippen LogP contribution in [0.25, 0.3) is 10.2 Å². The molecule has 2 heterocycles. The van der Waals surface area contributed by atoms with Crippen molar-refractivity contribution in [3.8, 4) is 0 Å². The Bertz CT molecular complexity index is 814. The maximum atomic E-state index is 12.2. The van der Waals surface area contributed by atoms with E-state index in [1.54, 1.807) is 11.3 Å². The number of benzene rings is 1. The SMILES string of the molecule is CSc1nc(C)ccc1NC(=O)CSc1nc2ccccc2s1. The number of hydrogen-bond acceptors (Lipinski definition) is 6. The Kier molecular flexibility index (Phi) is 5.20. The summed E-state index contributed by atoms with van der Waals surface area (Å²) in [4.78, 5) is 21.1. The second-order valence-electron chi connectivity index (χ2n) is 4.79. The maximum Gasteiger partial charge on any atom is 0.234 e. The zero-order chi connectivity index (χ0) is 16.2. The molecule has 1 aromatic carbocycles. The number of amides is 1. The lowest BCUT2D eigenvalue weighted by Crippen LogP contribution is -2.15. The monoisotopic (exact) mass is 361 g/mol. The van der Waals surface area contributed by atoms with Crippen LogP contribution in [-0.4, -0.2) is 27.9 Å². The third-order valence-electron chi connectivity index (χ3n) is 3.07. The van der Waals surface area contributed by atoms with E-state index < -0.39 is 0 Å². The number of carbonyl (C=O) groups is 1. The molecule has 3 rings (SSSR count). The molecule has 0 spiro atoms. The molecule has 0 unspecified atom stereocenters. The summed E-state index contributed by atoms with van der Waals surface area (Å²) >= 11 is 4.59. The molecule has 1 N–H and O–H groups in total. The Morgan fingerprint density at radius 2 is 2.04 bits per heavy atom. The van der Waals surface area contributed by atoms with E-state index in [1.807, 2.05) is 49.6 Å². The summed E-state index contributed by atoms with van der Waals surface area (Å²) in [7, 11) is 0. The van der Waals surface area contributed by atoms with Gasteiger partial charge < -0.3 is 5.32 Å². The summed E-state index contributed by atoms with van der Waals surface area (Å²) in [6.45, 7) is 1.94. The van der Waals surface area contributed by atoms with Crippen molar-refractivity contribution in [2.75, 3.05) is 17.3 Å². The van der Waals surface area contributed by atoms with Crippen molar-refractivity contribution in [2.24, 2.45) is 0 Å². The molecule has 0 aliphatic rings. The molecule has 0 saturated carbocycles. The molecule has 2 aromatic heterocycles. The first-order valence-corrected chi connectivity index (χ1v) is 9.98. The minimum Gasteiger partial charge on any atom is -0.323 e. The minimum absolute atomic E-state index is 0.0461. The van der Waals surface area contributed by atoms with Crippen molar-refractivity contribution < 1.29 is 4.79 Å². The fourth-order valence-electron chi connectivity index (χ4n) is 2.01. The highest BCUT2D eigenvalue weighted by molar-refractivity contribution is 8.01. The molecule has 0 bridgehead atoms. The number of nitrogens with zero attached hydrogens (tertiary/aromatic N) is 2. The number of anilines is 1. The van der Waals surface area contributed by atoms with Gasteiger partial charge in [0, 0.05) is 5.69 Å². The van der Waals surface area contributed by atoms with Crippen molar-refractivity contribution in [3.63, 3.8) is 0 Å². The molecule has 7 heteroatoms. The van der Waals surface area contributed by atoms with Crippen LogP contribution in [0.5, 0.6) is 0 Å². The van der Waals surface area contributed by atoms with E-state index in [1.165, 1.54) is 23.5 Å². The Morgan fingerprint density at radius 1 is 1.22 bits per heavy atom. The van der Waals surface area contributed by atoms with E-state index in [0.29, 0.717) is 5.75 Å². The van der Waals surface area contributed by atoms with Crippen molar-refractivity contribution in [1.29, 1.82) is 0 Å². The van der Waals surface area contributed by atoms with Crippen LogP contribution in [0, 0.1) is 6.92 Å². The number of aromatic nitrogens is 2. The normalized spacial score (nSPS) is 10.9. The van der Waals surface area contributed by atoms with Gasteiger partial charge in [-0.05, 0) is 37.4 Å². The fourth-order valence-corrected chi connectivity index (χ4v) is 4.45. The van der Waals surface area contributed by atoms with Crippen LogP contribution in [-0.2, 0) is 4.79 Å². The number of aryl methyl sites for hydroxylation is 1. The van der Waals surface area contributed by atoms with Crippen molar-refractivity contribution >= 4 is 56.7 Å². The van der Waals surface area contributed by atoms with E-state index in [9.17, 15) is 4.79 Å². The second-order valence-corrected chi connectivity index (χ2v) is 7.84. The average Bonchev–Trinajstić information content (AvgIpc) is 2.97. The molecule has 3 aromatic rings. The molecule has 0 radical (unpaired) electrons. The molecule has 0 fully saturated rings. The minimum atomic E-state index is -0.0461. The summed E-state index contributed by atoms with van der Waals surface area (Å²) in [6.07, 6.45) is 1.95. The quantitative estimate of drug-likeness (QED) is 0.680. The second kappa shape index (κ2) is 7.33. The number of rotatable bonds is 5. The van der Waals surface area contributed by atoms with E-state index in [2.05, 4.69) is 15.3 Å². The number of pyridine rings is 1. The van der Waals surface area contributed by atoms with Crippen molar-refractivity contribution in [2.45, 2.75) is 16.3 Å². The van der Waals surface area contributed by atoms with Crippen LogP contribution < -0.4 is 5.32 Å². The Labute approximate surface area is 147 Å². The lowest BCUT2D eigenvalue weighted by Gasteiger charge is -2.08. The predicted molar refractivity (Wildman–Crippen MR) is 99.7 cm³/mol. The third kappa shape index (κ3) is 4.04. The van der Waals surface area contributed by atoms with Gasteiger partial charge in [-0.3, -0.25) is 4.79 Å².